The van der Waals surface area contributed by atoms with Crippen molar-refractivity contribution >= 4 is 10.9 Å². The number of nitrogens with zero attached hydrogens (tertiary/aromatic N) is 1. The van der Waals surface area contributed by atoms with Crippen LogP contribution in [-0.4, -0.2) is 9.67 Å². The molecule has 3 nitrogen and oxygen atoms in total. The van der Waals surface area contributed by atoms with Gasteiger partial charge < -0.3 is 14.4 Å². The molecule has 1 heterocycles. The van der Waals surface area contributed by atoms with Crippen molar-refractivity contribution in [2.75, 3.05) is 0 Å². The van der Waals surface area contributed by atoms with E-state index in [4.69, 9.17) is 4.74 Å². The second kappa shape index (κ2) is 5.48. The summed E-state index contributed by atoms with van der Waals surface area (Å²) in [5.41, 5.74) is 1.79. The molecule has 1 aromatic heterocycles. The number of fused-ring (bicyclic) bond motifs is 1. The number of benzene rings is 2. The van der Waals surface area contributed by atoms with Crippen LogP contribution < -0.4 is 4.74 Å². The molecular formula is C17H16FNO2. The summed E-state index contributed by atoms with van der Waals surface area (Å²) < 4.78 is 21.2. The van der Waals surface area contributed by atoms with Crippen molar-refractivity contribution in [2.45, 2.75) is 20.1 Å². The lowest BCUT2D eigenvalue weighted by molar-refractivity contribution is 0.291. The Balaban J connectivity index is 1.96. The largest absolute Gasteiger partial charge is 0.507 e. The van der Waals surface area contributed by atoms with Crippen LogP contribution in [0.5, 0.6) is 11.5 Å². The van der Waals surface area contributed by atoms with Gasteiger partial charge in [-0.3, -0.25) is 0 Å². The minimum atomic E-state index is -0.388. The number of hydrogen-bond donors (Lipinski definition) is 1. The van der Waals surface area contributed by atoms with Crippen LogP contribution in [0.2, 0.25) is 0 Å². The number of para-hydroxylation sites is 1. The van der Waals surface area contributed by atoms with Crippen molar-refractivity contribution in [1.82, 2.24) is 4.57 Å². The smallest absolute Gasteiger partial charge is 0.165 e. The molecule has 0 fully saturated rings. The second-order valence-corrected chi connectivity index (χ2v) is 4.83. The molecule has 0 amide bonds. The number of phenolic OH excluding ortho intramolecular Hbond substituents is 1. The molecule has 0 spiro atoms. The number of phenols is 1. The molecule has 4 heteroatoms. The lowest BCUT2D eigenvalue weighted by atomic mass is 10.1. The Hall–Kier alpha value is -2.49. The summed E-state index contributed by atoms with van der Waals surface area (Å²) >= 11 is 0. The highest BCUT2D eigenvalue weighted by Gasteiger charge is 2.12. The van der Waals surface area contributed by atoms with E-state index in [0.717, 1.165) is 23.0 Å². The molecule has 0 saturated heterocycles. The zero-order valence-corrected chi connectivity index (χ0v) is 11.7. The van der Waals surface area contributed by atoms with E-state index < -0.39 is 0 Å². The summed E-state index contributed by atoms with van der Waals surface area (Å²) in [5.74, 6) is 0.0399. The first-order valence-corrected chi connectivity index (χ1v) is 6.87. The van der Waals surface area contributed by atoms with Gasteiger partial charge in [0.2, 0.25) is 0 Å². The standard InChI is InChI=1S/C17H16FNO2/c1-2-19-10-12(17-14(19)7-5-8-15(17)20)11-21-16-9-4-3-6-13(16)18/h3-10,20H,2,11H2,1H3. The molecule has 0 radical (unpaired) electrons. The van der Waals surface area contributed by atoms with E-state index in [0.29, 0.717) is 0 Å². The number of halogens is 1. The van der Waals surface area contributed by atoms with Crippen LogP contribution in [0.15, 0.2) is 48.7 Å². The summed E-state index contributed by atoms with van der Waals surface area (Å²) in [6, 6.07) is 11.7. The lowest BCUT2D eigenvalue weighted by Crippen LogP contribution is -1.97. The van der Waals surface area contributed by atoms with Crippen LogP contribution in [-0.2, 0) is 13.2 Å². The second-order valence-electron chi connectivity index (χ2n) is 4.83. The van der Waals surface area contributed by atoms with Gasteiger partial charge in [-0.2, -0.15) is 0 Å². The maximum absolute atomic E-state index is 13.6. The number of aryl methyl sites for hydroxylation is 1. The zero-order valence-electron chi connectivity index (χ0n) is 11.7. The topological polar surface area (TPSA) is 34.4 Å². The van der Waals surface area contributed by atoms with Gasteiger partial charge in [-0.15, -0.1) is 0 Å². The molecule has 21 heavy (non-hydrogen) atoms. The fraction of sp³-hybridized carbons (Fsp3) is 0.176. The molecule has 0 atom stereocenters. The first kappa shape index (κ1) is 13.5. The summed E-state index contributed by atoms with van der Waals surface area (Å²) in [4.78, 5) is 0. The molecule has 0 unspecified atom stereocenters. The van der Waals surface area contributed by atoms with E-state index in [1.807, 2.05) is 29.8 Å². The van der Waals surface area contributed by atoms with E-state index in [9.17, 15) is 9.50 Å². The summed E-state index contributed by atoms with van der Waals surface area (Å²) in [7, 11) is 0. The van der Waals surface area contributed by atoms with Gasteiger partial charge in [0.1, 0.15) is 12.4 Å². The minimum absolute atomic E-state index is 0.210. The van der Waals surface area contributed by atoms with Crippen molar-refractivity contribution < 1.29 is 14.2 Å². The minimum Gasteiger partial charge on any atom is -0.507 e. The fourth-order valence-corrected chi connectivity index (χ4v) is 2.51. The molecule has 0 saturated carbocycles. The van der Waals surface area contributed by atoms with Crippen LogP contribution in [0.4, 0.5) is 4.39 Å². The molecular weight excluding hydrogens is 269 g/mol. The third-order valence-electron chi connectivity index (χ3n) is 3.52. The predicted octanol–water partition coefficient (Wildman–Crippen LogP) is 4.08. The van der Waals surface area contributed by atoms with Gasteiger partial charge in [-0.1, -0.05) is 18.2 Å². The average molecular weight is 285 g/mol. The van der Waals surface area contributed by atoms with Crippen LogP contribution in [0.25, 0.3) is 10.9 Å². The average Bonchev–Trinajstić information content (AvgIpc) is 2.86. The summed E-state index contributed by atoms with van der Waals surface area (Å²) in [6.45, 7) is 3.03. The Morgan fingerprint density at radius 1 is 1.14 bits per heavy atom. The Bertz CT molecular complexity index is 780. The zero-order chi connectivity index (χ0) is 14.8. The van der Waals surface area contributed by atoms with E-state index >= 15 is 0 Å². The molecule has 2 aromatic carbocycles. The van der Waals surface area contributed by atoms with Crippen molar-refractivity contribution in [3.63, 3.8) is 0 Å². The highest BCUT2D eigenvalue weighted by atomic mass is 19.1. The lowest BCUT2D eigenvalue weighted by Gasteiger charge is -2.06. The summed E-state index contributed by atoms with van der Waals surface area (Å²) in [5, 5.41) is 10.8. The number of aromatic hydroxyl groups is 1. The SMILES string of the molecule is CCn1cc(COc2ccccc2F)c2c(O)cccc21. The van der Waals surface area contributed by atoms with Crippen molar-refractivity contribution in [2.24, 2.45) is 0 Å². The number of aromatic nitrogens is 1. The molecule has 3 rings (SSSR count). The maximum Gasteiger partial charge on any atom is 0.165 e. The Morgan fingerprint density at radius 3 is 2.71 bits per heavy atom. The molecule has 3 aromatic rings. The maximum atomic E-state index is 13.6. The number of rotatable bonds is 4. The Kier molecular flexibility index (Phi) is 3.52. The third kappa shape index (κ3) is 2.44. The molecule has 0 bridgehead atoms. The quantitative estimate of drug-likeness (QED) is 0.783. The first-order chi connectivity index (χ1) is 10.2. The van der Waals surface area contributed by atoms with Gasteiger partial charge in [0.25, 0.3) is 0 Å². The molecule has 1 N–H and O–H groups in total. The highest BCUT2D eigenvalue weighted by molar-refractivity contribution is 5.89. The highest BCUT2D eigenvalue weighted by Crippen LogP contribution is 2.30. The van der Waals surface area contributed by atoms with Crippen LogP contribution in [0, 0.1) is 5.82 Å². The van der Waals surface area contributed by atoms with Gasteiger partial charge in [0.15, 0.2) is 11.6 Å². The third-order valence-corrected chi connectivity index (χ3v) is 3.52. The van der Waals surface area contributed by atoms with Gasteiger partial charge in [0, 0.05) is 23.7 Å². The van der Waals surface area contributed by atoms with Gasteiger partial charge in [-0.05, 0) is 31.2 Å². The Morgan fingerprint density at radius 2 is 1.95 bits per heavy atom. The Labute approximate surface area is 122 Å². The van der Waals surface area contributed by atoms with Crippen LogP contribution in [0.3, 0.4) is 0 Å². The number of ether oxygens (including phenoxy) is 1. The van der Waals surface area contributed by atoms with E-state index in [1.165, 1.54) is 6.07 Å². The van der Waals surface area contributed by atoms with Gasteiger partial charge >= 0.3 is 0 Å². The summed E-state index contributed by atoms with van der Waals surface area (Å²) in [6.07, 6.45) is 1.94. The van der Waals surface area contributed by atoms with Gasteiger partial charge in [-0.25, -0.2) is 4.39 Å². The monoisotopic (exact) mass is 285 g/mol. The van der Waals surface area contributed by atoms with Crippen molar-refractivity contribution in [3.05, 3.63) is 60.0 Å². The molecule has 0 aliphatic rings. The van der Waals surface area contributed by atoms with E-state index in [1.54, 1.807) is 24.3 Å². The van der Waals surface area contributed by atoms with E-state index in [-0.39, 0.29) is 23.9 Å². The molecule has 108 valence electrons. The first-order valence-electron chi connectivity index (χ1n) is 6.87. The van der Waals surface area contributed by atoms with Gasteiger partial charge in [0.05, 0.1) is 5.52 Å². The van der Waals surface area contributed by atoms with Crippen LogP contribution in [0.1, 0.15) is 12.5 Å². The fourth-order valence-electron chi connectivity index (χ4n) is 2.51. The predicted molar refractivity (Wildman–Crippen MR) is 80.0 cm³/mol. The molecule has 0 aliphatic heterocycles. The van der Waals surface area contributed by atoms with Crippen molar-refractivity contribution in [1.29, 1.82) is 0 Å². The normalized spacial score (nSPS) is 11.0. The van der Waals surface area contributed by atoms with Crippen molar-refractivity contribution in [3.8, 4) is 11.5 Å². The molecule has 0 aliphatic carbocycles. The van der Waals surface area contributed by atoms with E-state index in [2.05, 4.69) is 0 Å². The van der Waals surface area contributed by atoms with Crippen LogP contribution >= 0.6 is 0 Å². The number of hydrogen-bond acceptors (Lipinski definition) is 2.